The number of rotatable bonds is 9. The van der Waals surface area contributed by atoms with E-state index in [1.165, 1.54) is 66.1 Å². The molecule has 0 heterocycles. The van der Waals surface area contributed by atoms with Crippen molar-refractivity contribution < 1.29 is 0 Å². The van der Waals surface area contributed by atoms with E-state index in [1.54, 1.807) is 0 Å². The molecule has 0 saturated carbocycles. The van der Waals surface area contributed by atoms with Crippen LogP contribution < -0.4 is 4.90 Å². The number of benzene rings is 11. The molecule has 0 aliphatic carbocycles. The average molecular weight is 802 g/mol. The van der Waals surface area contributed by atoms with Gasteiger partial charge in [0.25, 0.3) is 0 Å². The molecule has 0 aliphatic heterocycles. The largest absolute Gasteiger partial charge is 0.309 e. The number of hydrogen-bond donors (Lipinski definition) is 0. The maximum absolute atomic E-state index is 2.45. The van der Waals surface area contributed by atoms with E-state index in [0.717, 1.165) is 39.3 Å². The number of nitrogens with zero attached hydrogens (tertiary/aromatic N) is 1. The van der Waals surface area contributed by atoms with Crippen LogP contribution in [0.3, 0.4) is 0 Å². The van der Waals surface area contributed by atoms with Gasteiger partial charge in [-0.25, -0.2) is 0 Å². The molecule has 11 aromatic rings. The standard InChI is InChI=1S/C62H43N/c1-4-18-44(19-5-1)48-25-16-26-49(40-48)46-34-37-54(38-35-46)63(62-39-36-50(45-20-6-2-7-21-45)42-60(62)47-22-8-3-9-23-47)61-33-15-14-30-56(61)51-27-17-28-52(41-51)59-43-53-24-10-11-29-55(53)57-31-12-13-32-58(57)59/h1-43H. The Morgan fingerprint density at radius 2 is 0.651 bits per heavy atom. The molecule has 0 atom stereocenters. The summed E-state index contributed by atoms with van der Waals surface area (Å²) in [5.41, 5.74) is 17.5. The molecule has 0 saturated heterocycles. The number of para-hydroxylation sites is 1. The van der Waals surface area contributed by atoms with Crippen LogP contribution >= 0.6 is 0 Å². The summed E-state index contributed by atoms with van der Waals surface area (Å²) in [6.07, 6.45) is 0. The Balaban J connectivity index is 1.09. The summed E-state index contributed by atoms with van der Waals surface area (Å²) in [5.74, 6) is 0. The van der Waals surface area contributed by atoms with Crippen LogP contribution in [0.4, 0.5) is 17.1 Å². The molecule has 0 aliphatic rings. The molecule has 0 spiro atoms. The summed E-state index contributed by atoms with van der Waals surface area (Å²) in [6.45, 7) is 0. The molecular formula is C62H43N. The minimum Gasteiger partial charge on any atom is -0.309 e. The molecular weight excluding hydrogens is 759 g/mol. The molecule has 0 aromatic heterocycles. The first kappa shape index (κ1) is 37.7. The van der Waals surface area contributed by atoms with Crippen LogP contribution in [0.25, 0.3) is 88.3 Å². The Hall–Kier alpha value is -8.26. The Morgan fingerprint density at radius 1 is 0.206 bits per heavy atom. The molecule has 0 amide bonds. The van der Waals surface area contributed by atoms with Gasteiger partial charge in [0.2, 0.25) is 0 Å². The van der Waals surface area contributed by atoms with Gasteiger partial charge in [-0.15, -0.1) is 0 Å². The number of fused-ring (bicyclic) bond motifs is 3. The third kappa shape index (κ3) is 7.37. The summed E-state index contributed by atoms with van der Waals surface area (Å²) in [5, 5.41) is 5.04. The third-order valence-electron chi connectivity index (χ3n) is 12.3. The molecule has 0 radical (unpaired) electrons. The van der Waals surface area contributed by atoms with Gasteiger partial charge in [-0.3, -0.25) is 0 Å². The van der Waals surface area contributed by atoms with Crippen molar-refractivity contribution in [1.29, 1.82) is 0 Å². The van der Waals surface area contributed by atoms with E-state index in [9.17, 15) is 0 Å². The first-order valence-corrected chi connectivity index (χ1v) is 21.7. The van der Waals surface area contributed by atoms with Crippen molar-refractivity contribution in [2.75, 3.05) is 4.90 Å². The predicted molar refractivity (Wildman–Crippen MR) is 269 cm³/mol. The number of anilines is 3. The lowest BCUT2D eigenvalue weighted by Crippen LogP contribution is -2.12. The topological polar surface area (TPSA) is 3.24 Å². The van der Waals surface area contributed by atoms with Gasteiger partial charge in [-0.2, -0.15) is 0 Å². The Labute approximate surface area is 369 Å². The molecule has 0 N–H and O–H groups in total. The van der Waals surface area contributed by atoms with Gasteiger partial charge in [-0.05, 0) is 126 Å². The van der Waals surface area contributed by atoms with Crippen molar-refractivity contribution in [2.24, 2.45) is 0 Å². The van der Waals surface area contributed by atoms with Crippen molar-refractivity contribution in [3.63, 3.8) is 0 Å². The van der Waals surface area contributed by atoms with Crippen LogP contribution in [0, 0.1) is 0 Å². The fraction of sp³-hybridized carbons (Fsp3) is 0. The molecule has 11 aromatic carbocycles. The number of hydrogen-bond acceptors (Lipinski definition) is 1. The zero-order valence-corrected chi connectivity index (χ0v) is 34.8. The lowest BCUT2D eigenvalue weighted by Gasteiger charge is -2.30. The van der Waals surface area contributed by atoms with E-state index in [-0.39, 0.29) is 0 Å². The van der Waals surface area contributed by atoms with E-state index < -0.39 is 0 Å². The predicted octanol–water partition coefficient (Wildman–Crippen LogP) is 17.5. The maximum Gasteiger partial charge on any atom is 0.0540 e. The molecule has 296 valence electrons. The molecule has 0 bridgehead atoms. The molecule has 1 nitrogen and oxygen atoms in total. The summed E-state index contributed by atoms with van der Waals surface area (Å²) >= 11 is 0. The van der Waals surface area contributed by atoms with Crippen molar-refractivity contribution >= 4 is 38.6 Å². The first-order valence-electron chi connectivity index (χ1n) is 21.7. The highest BCUT2D eigenvalue weighted by Gasteiger charge is 2.22. The van der Waals surface area contributed by atoms with Gasteiger partial charge in [0.15, 0.2) is 0 Å². The van der Waals surface area contributed by atoms with Crippen molar-refractivity contribution in [3.8, 4) is 66.8 Å². The van der Waals surface area contributed by atoms with Crippen molar-refractivity contribution in [3.05, 3.63) is 261 Å². The van der Waals surface area contributed by atoms with Crippen molar-refractivity contribution in [2.45, 2.75) is 0 Å². The van der Waals surface area contributed by atoms with Crippen LogP contribution in [0.2, 0.25) is 0 Å². The first-order chi connectivity index (χ1) is 31.2. The molecule has 0 unspecified atom stereocenters. The zero-order chi connectivity index (χ0) is 42.0. The van der Waals surface area contributed by atoms with Crippen LogP contribution in [-0.4, -0.2) is 0 Å². The minimum absolute atomic E-state index is 1.08. The molecule has 11 rings (SSSR count). The quantitative estimate of drug-likeness (QED) is 0.131. The average Bonchev–Trinajstić information content (AvgIpc) is 3.37. The summed E-state index contributed by atoms with van der Waals surface area (Å²) in [7, 11) is 0. The summed E-state index contributed by atoms with van der Waals surface area (Å²) in [6, 6.07) is 94.7. The highest BCUT2D eigenvalue weighted by Crippen LogP contribution is 2.47. The van der Waals surface area contributed by atoms with Gasteiger partial charge in [0, 0.05) is 16.8 Å². The monoisotopic (exact) mass is 801 g/mol. The summed E-state index contributed by atoms with van der Waals surface area (Å²) in [4.78, 5) is 2.45. The molecule has 0 fully saturated rings. The van der Waals surface area contributed by atoms with Crippen LogP contribution in [0.15, 0.2) is 261 Å². The minimum atomic E-state index is 1.08. The fourth-order valence-electron chi connectivity index (χ4n) is 9.17. The second kappa shape index (κ2) is 16.7. The van der Waals surface area contributed by atoms with E-state index >= 15 is 0 Å². The Bertz CT molecular complexity index is 3370. The second-order valence-corrected chi connectivity index (χ2v) is 16.1. The van der Waals surface area contributed by atoms with Gasteiger partial charge < -0.3 is 4.90 Å². The SMILES string of the molecule is c1ccc(-c2cccc(-c3ccc(N(c4ccccc4-c4cccc(-c5cc6ccccc6c6ccccc56)c4)c4ccc(-c5ccccc5)cc4-c4ccccc4)cc3)c2)cc1. The van der Waals surface area contributed by atoms with Crippen LogP contribution in [0.1, 0.15) is 0 Å². The lowest BCUT2D eigenvalue weighted by molar-refractivity contribution is 1.28. The van der Waals surface area contributed by atoms with Gasteiger partial charge in [0.1, 0.15) is 0 Å². The molecule has 1 heteroatoms. The third-order valence-corrected chi connectivity index (χ3v) is 12.3. The van der Waals surface area contributed by atoms with Crippen LogP contribution in [-0.2, 0) is 0 Å². The van der Waals surface area contributed by atoms with E-state index in [0.29, 0.717) is 0 Å². The van der Waals surface area contributed by atoms with E-state index in [1.807, 2.05) is 0 Å². The van der Waals surface area contributed by atoms with E-state index in [2.05, 4.69) is 266 Å². The van der Waals surface area contributed by atoms with Gasteiger partial charge in [-0.1, -0.05) is 212 Å². The van der Waals surface area contributed by atoms with Gasteiger partial charge >= 0.3 is 0 Å². The maximum atomic E-state index is 2.45. The Morgan fingerprint density at radius 3 is 1.33 bits per heavy atom. The Kier molecular flexibility index (Phi) is 9.97. The van der Waals surface area contributed by atoms with Gasteiger partial charge in [0.05, 0.1) is 11.4 Å². The molecule has 63 heavy (non-hydrogen) atoms. The normalized spacial score (nSPS) is 11.2. The second-order valence-electron chi connectivity index (χ2n) is 16.1. The van der Waals surface area contributed by atoms with E-state index in [4.69, 9.17) is 0 Å². The van der Waals surface area contributed by atoms with Crippen LogP contribution in [0.5, 0.6) is 0 Å². The highest BCUT2D eigenvalue weighted by molar-refractivity contribution is 6.14. The fourth-order valence-corrected chi connectivity index (χ4v) is 9.17. The lowest BCUT2D eigenvalue weighted by atomic mass is 9.91. The zero-order valence-electron chi connectivity index (χ0n) is 34.8. The van der Waals surface area contributed by atoms with Crippen molar-refractivity contribution in [1.82, 2.24) is 0 Å². The smallest absolute Gasteiger partial charge is 0.0540 e. The summed E-state index contributed by atoms with van der Waals surface area (Å²) < 4.78 is 0. The highest BCUT2D eigenvalue weighted by atomic mass is 15.1.